The van der Waals surface area contributed by atoms with Gasteiger partial charge in [-0.3, -0.25) is 0 Å². The van der Waals surface area contributed by atoms with Gasteiger partial charge in [0.1, 0.15) is 29.3 Å². The SMILES string of the molecule is CCCCCc1ccc(C(F)(F)Oc2cc(F)c(COC3COC(c4ccc(-c5cc(F)c(F)c(F)c5)c(F)c4)OC3)c(F)c2)cc1. The Balaban J connectivity index is 1.15. The Morgan fingerprint density at radius 2 is 1.38 bits per heavy atom. The van der Waals surface area contributed by atoms with Gasteiger partial charge in [0.2, 0.25) is 0 Å². The predicted molar refractivity (Wildman–Crippen MR) is 155 cm³/mol. The Labute approximate surface area is 265 Å². The van der Waals surface area contributed by atoms with Crippen molar-refractivity contribution in [2.75, 3.05) is 13.2 Å². The predicted octanol–water partition coefficient (Wildman–Crippen LogP) is 9.68. The summed E-state index contributed by atoms with van der Waals surface area (Å²) in [7, 11) is 0. The molecule has 0 aliphatic carbocycles. The summed E-state index contributed by atoms with van der Waals surface area (Å²) in [4.78, 5) is 0. The average Bonchev–Trinajstić information content (AvgIpc) is 3.03. The van der Waals surface area contributed by atoms with Gasteiger partial charge in [-0.05, 0) is 54.3 Å². The van der Waals surface area contributed by atoms with Crippen molar-refractivity contribution in [3.05, 3.63) is 124 Å². The molecular weight excluding hydrogens is 636 g/mol. The summed E-state index contributed by atoms with van der Waals surface area (Å²) in [5, 5.41) is 0. The standard InChI is InChI=1S/C35H30F8O4/c1-2-3-4-5-20-6-9-23(10-7-20)35(42,43)47-24-15-29(37)27(30(38)16-24)19-44-25-17-45-34(46-18-25)21-8-11-26(28(36)12-21)22-13-31(39)33(41)32(40)14-22/h6-16,25,34H,2-5,17-19H2,1H3. The molecule has 0 spiro atoms. The van der Waals surface area contributed by atoms with E-state index in [2.05, 4.69) is 11.7 Å². The van der Waals surface area contributed by atoms with Crippen molar-refractivity contribution in [1.29, 1.82) is 0 Å². The van der Waals surface area contributed by atoms with Crippen LogP contribution >= 0.6 is 0 Å². The Morgan fingerprint density at radius 1 is 0.745 bits per heavy atom. The molecule has 47 heavy (non-hydrogen) atoms. The summed E-state index contributed by atoms with van der Waals surface area (Å²) in [6, 6.07) is 11.9. The van der Waals surface area contributed by atoms with Gasteiger partial charge >= 0.3 is 6.11 Å². The first kappa shape index (κ1) is 34.3. The van der Waals surface area contributed by atoms with Crippen LogP contribution in [0.3, 0.4) is 0 Å². The highest BCUT2D eigenvalue weighted by Gasteiger charge is 2.35. The van der Waals surface area contributed by atoms with Crippen LogP contribution in [0.25, 0.3) is 11.1 Å². The second-order valence-electron chi connectivity index (χ2n) is 11.1. The molecule has 0 amide bonds. The number of hydrogen-bond acceptors (Lipinski definition) is 4. The third kappa shape index (κ3) is 8.30. The molecule has 0 atom stereocenters. The van der Waals surface area contributed by atoms with Crippen LogP contribution in [0.1, 0.15) is 54.7 Å². The maximum absolute atomic E-state index is 14.8. The number of ether oxygens (including phenoxy) is 4. The van der Waals surface area contributed by atoms with E-state index in [9.17, 15) is 35.1 Å². The van der Waals surface area contributed by atoms with Gasteiger partial charge in [-0.25, -0.2) is 26.3 Å². The number of alkyl halides is 2. The minimum Gasteiger partial charge on any atom is -0.429 e. The summed E-state index contributed by atoms with van der Waals surface area (Å²) in [5.74, 6) is -8.49. The van der Waals surface area contributed by atoms with Crippen molar-refractivity contribution >= 4 is 0 Å². The zero-order valence-corrected chi connectivity index (χ0v) is 25.1. The zero-order valence-electron chi connectivity index (χ0n) is 25.1. The summed E-state index contributed by atoms with van der Waals surface area (Å²) in [6.45, 7) is 1.25. The molecule has 0 aromatic heterocycles. The molecule has 0 unspecified atom stereocenters. The fraction of sp³-hybridized carbons (Fsp3) is 0.314. The van der Waals surface area contributed by atoms with Crippen LogP contribution in [-0.2, 0) is 33.3 Å². The summed E-state index contributed by atoms with van der Waals surface area (Å²) >= 11 is 0. The van der Waals surface area contributed by atoms with Gasteiger partial charge in [0, 0.05) is 28.8 Å². The summed E-state index contributed by atoms with van der Waals surface area (Å²) in [6.07, 6.45) is -1.93. The highest BCUT2D eigenvalue weighted by atomic mass is 19.3. The lowest BCUT2D eigenvalue weighted by atomic mass is 10.0. The number of aryl methyl sites for hydroxylation is 1. The smallest absolute Gasteiger partial charge is 0.426 e. The van der Waals surface area contributed by atoms with E-state index in [4.69, 9.17) is 14.2 Å². The van der Waals surface area contributed by atoms with Gasteiger partial charge in [-0.15, -0.1) is 0 Å². The summed E-state index contributed by atoms with van der Waals surface area (Å²) < 4.78 is 136. The van der Waals surface area contributed by atoms with Gasteiger partial charge in [-0.2, -0.15) is 8.78 Å². The lowest BCUT2D eigenvalue weighted by Gasteiger charge is -2.30. The molecule has 4 nitrogen and oxygen atoms in total. The minimum atomic E-state index is -3.84. The largest absolute Gasteiger partial charge is 0.429 e. The lowest BCUT2D eigenvalue weighted by Crippen LogP contribution is -2.33. The van der Waals surface area contributed by atoms with Gasteiger partial charge in [0.15, 0.2) is 23.7 Å². The average molecular weight is 667 g/mol. The molecular formula is C35H30F8O4. The molecule has 1 aliphatic heterocycles. The van der Waals surface area contributed by atoms with E-state index in [0.29, 0.717) is 24.3 Å². The van der Waals surface area contributed by atoms with E-state index in [1.54, 1.807) is 12.1 Å². The maximum Gasteiger partial charge on any atom is 0.426 e. The molecule has 1 heterocycles. The molecule has 4 aromatic carbocycles. The highest BCUT2D eigenvalue weighted by Crippen LogP contribution is 2.34. The van der Waals surface area contributed by atoms with Crippen LogP contribution in [0.5, 0.6) is 5.75 Å². The fourth-order valence-corrected chi connectivity index (χ4v) is 5.03. The van der Waals surface area contributed by atoms with Gasteiger partial charge in [0.25, 0.3) is 0 Å². The molecule has 5 rings (SSSR count). The number of benzene rings is 4. The molecule has 12 heteroatoms. The van der Waals surface area contributed by atoms with Crippen molar-refractivity contribution < 1.29 is 54.1 Å². The molecule has 0 saturated carbocycles. The Hall–Kier alpha value is -4.00. The van der Waals surface area contributed by atoms with Crippen LogP contribution in [0.2, 0.25) is 0 Å². The third-order valence-corrected chi connectivity index (χ3v) is 7.61. The molecule has 1 saturated heterocycles. The number of rotatable bonds is 12. The lowest BCUT2D eigenvalue weighted by molar-refractivity contribution is -0.232. The topological polar surface area (TPSA) is 36.9 Å². The number of unbranched alkanes of at least 4 members (excludes halogenated alkanes) is 2. The van der Waals surface area contributed by atoms with E-state index in [0.717, 1.165) is 37.3 Å². The molecule has 4 aromatic rings. The Bertz CT molecular complexity index is 1640. The Morgan fingerprint density at radius 3 is 1.98 bits per heavy atom. The van der Waals surface area contributed by atoms with E-state index in [-0.39, 0.29) is 29.9 Å². The molecule has 0 radical (unpaired) electrons. The molecule has 1 fully saturated rings. The number of halogens is 8. The first-order chi connectivity index (χ1) is 22.4. The second-order valence-corrected chi connectivity index (χ2v) is 11.1. The van der Waals surface area contributed by atoms with Crippen molar-refractivity contribution in [3.63, 3.8) is 0 Å². The zero-order chi connectivity index (χ0) is 33.7. The van der Waals surface area contributed by atoms with Crippen molar-refractivity contribution in [2.24, 2.45) is 0 Å². The maximum atomic E-state index is 14.8. The van der Waals surface area contributed by atoms with E-state index >= 15 is 0 Å². The van der Waals surface area contributed by atoms with Crippen LogP contribution in [0.15, 0.2) is 66.7 Å². The molecule has 250 valence electrons. The van der Waals surface area contributed by atoms with Crippen LogP contribution < -0.4 is 4.74 Å². The van der Waals surface area contributed by atoms with E-state index in [1.165, 1.54) is 24.3 Å². The van der Waals surface area contributed by atoms with Gasteiger partial charge < -0.3 is 18.9 Å². The third-order valence-electron chi connectivity index (χ3n) is 7.61. The molecule has 1 aliphatic rings. The first-order valence-electron chi connectivity index (χ1n) is 14.9. The van der Waals surface area contributed by atoms with Crippen molar-refractivity contribution in [2.45, 2.75) is 57.7 Å². The number of hydrogen-bond donors (Lipinski definition) is 0. The van der Waals surface area contributed by atoms with Crippen LogP contribution in [0, 0.1) is 34.9 Å². The van der Waals surface area contributed by atoms with E-state index < -0.39 is 76.9 Å². The molecule has 0 bridgehead atoms. The van der Waals surface area contributed by atoms with E-state index in [1.807, 2.05) is 0 Å². The van der Waals surface area contributed by atoms with Crippen LogP contribution in [0.4, 0.5) is 35.1 Å². The van der Waals surface area contributed by atoms with Crippen LogP contribution in [-0.4, -0.2) is 19.3 Å². The van der Waals surface area contributed by atoms with Crippen molar-refractivity contribution in [1.82, 2.24) is 0 Å². The quantitative estimate of drug-likeness (QED) is 0.0858. The highest BCUT2D eigenvalue weighted by molar-refractivity contribution is 5.64. The minimum absolute atomic E-state index is 0.115. The first-order valence-corrected chi connectivity index (χ1v) is 14.9. The second kappa shape index (κ2) is 14.8. The Kier molecular flexibility index (Phi) is 10.8. The fourth-order valence-electron chi connectivity index (χ4n) is 5.03. The normalized spacial score (nSPS) is 16.8. The molecule has 0 N–H and O–H groups in total. The van der Waals surface area contributed by atoms with Gasteiger partial charge in [0.05, 0.1) is 25.4 Å². The summed E-state index contributed by atoms with van der Waals surface area (Å²) in [5.41, 5.74) is -0.254. The van der Waals surface area contributed by atoms with Gasteiger partial charge in [-0.1, -0.05) is 44.0 Å². The monoisotopic (exact) mass is 666 g/mol. The van der Waals surface area contributed by atoms with Crippen molar-refractivity contribution in [3.8, 4) is 16.9 Å².